The quantitative estimate of drug-likeness (QED) is 0.240. The number of aliphatic imine (C=N–C) groups is 2. The second-order valence-corrected chi connectivity index (χ2v) is 12.7. The lowest BCUT2D eigenvalue weighted by Crippen LogP contribution is -2.40. The van der Waals surface area contributed by atoms with E-state index >= 15 is 8.78 Å². The highest BCUT2D eigenvalue weighted by molar-refractivity contribution is 7.91. The molecule has 1 aromatic heterocycles. The van der Waals surface area contributed by atoms with Crippen molar-refractivity contribution in [1.29, 1.82) is 0 Å². The molecule has 2 aliphatic rings. The number of halogens is 3. The van der Waals surface area contributed by atoms with Crippen LogP contribution in [0.25, 0.3) is 11.1 Å². The number of nitrogens with zero attached hydrogens (tertiary/aromatic N) is 3. The first-order valence-corrected chi connectivity index (χ1v) is 15.6. The van der Waals surface area contributed by atoms with Crippen LogP contribution >= 0.6 is 0 Å². The zero-order valence-electron chi connectivity index (χ0n) is 23.6. The number of benzene rings is 2. The number of piperidine rings is 1. The lowest BCUT2D eigenvalue weighted by atomic mass is 10.0. The van der Waals surface area contributed by atoms with Crippen LogP contribution in [0.4, 0.5) is 24.7 Å². The summed E-state index contributed by atoms with van der Waals surface area (Å²) < 4.78 is 73.4. The van der Waals surface area contributed by atoms with Crippen molar-refractivity contribution in [2.24, 2.45) is 15.9 Å². The molecule has 5 rings (SSSR count). The molecule has 2 atom stereocenters. The first-order valence-electron chi connectivity index (χ1n) is 14.0. The molecule has 2 fully saturated rings. The van der Waals surface area contributed by atoms with Crippen molar-refractivity contribution in [3.63, 3.8) is 0 Å². The average Bonchev–Trinajstić information content (AvgIpc) is 3.79. The van der Waals surface area contributed by atoms with Crippen molar-refractivity contribution in [3.05, 3.63) is 81.6 Å². The van der Waals surface area contributed by atoms with Gasteiger partial charge in [0.15, 0.2) is 11.6 Å². The van der Waals surface area contributed by atoms with Gasteiger partial charge >= 0.3 is 0 Å². The number of hydrogen-bond acceptors (Lipinski definition) is 5. The second-order valence-electron chi connectivity index (χ2n) is 11.0. The molecule has 13 heteroatoms. The summed E-state index contributed by atoms with van der Waals surface area (Å²) >= 11 is 0. The Morgan fingerprint density at radius 2 is 1.84 bits per heavy atom. The molecule has 0 amide bonds. The van der Waals surface area contributed by atoms with E-state index in [0.29, 0.717) is 30.0 Å². The lowest BCUT2D eigenvalue weighted by molar-refractivity contribution is 0.249. The molecule has 228 valence electrons. The summed E-state index contributed by atoms with van der Waals surface area (Å²) in [6.45, 7) is 6.32. The molecule has 2 heterocycles. The third-order valence-electron chi connectivity index (χ3n) is 7.41. The van der Waals surface area contributed by atoms with Crippen molar-refractivity contribution in [1.82, 2.24) is 9.88 Å². The SMILES string of the molecule is C=NC(=N[C@@H]1CNC[C@@H](F)C1)Nc1c(C)cc(-c2ccc(NS(=O)(=O)Cc3ccccc3)c(F)c2F)c(=O)n1CC1CC1. The van der Waals surface area contributed by atoms with Gasteiger partial charge in [0.25, 0.3) is 5.56 Å². The van der Waals surface area contributed by atoms with E-state index in [4.69, 9.17) is 0 Å². The zero-order valence-corrected chi connectivity index (χ0v) is 24.4. The molecule has 3 N–H and O–H groups in total. The first-order chi connectivity index (χ1) is 20.5. The van der Waals surface area contributed by atoms with Gasteiger partial charge in [0, 0.05) is 31.6 Å². The predicted octanol–water partition coefficient (Wildman–Crippen LogP) is 4.62. The molecule has 3 aromatic rings. The number of sulfonamides is 1. The predicted molar refractivity (Wildman–Crippen MR) is 163 cm³/mol. The van der Waals surface area contributed by atoms with Gasteiger partial charge < -0.3 is 10.6 Å². The minimum Gasteiger partial charge on any atom is -0.312 e. The molecule has 0 unspecified atom stereocenters. The van der Waals surface area contributed by atoms with Crippen LogP contribution in [0, 0.1) is 24.5 Å². The van der Waals surface area contributed by atoms with Gasteiger partial charge in [0.1, 0.15) is 12.0 Å². The number of nitrogens with one attached hydrogen (secondary N) is 3. The smallest absolute Gasteiger partial charge is 0.260 e. The van der Waals surface area contributed by atoms with E-state index < -0.39 is 44.8 Å². The summed E-state index contributed by atoms with van der Waals surface area (Å²) in [5.41, 5.74) is -0.497. The Morgan fingerprint density at radius 3 is 2.51 bits per heavy atom. The number of aromatic nitrogens is 1. The highest BCUT2D eigenvalue weighted by Crippen LogP contribution is 2.34. The highest BCUT2D eigenvalue weighted by atomic mass is 32.2. The van der Waals surface area contributed by atoms with Gasteiger partial charge in [-0.1, -0.05) is 30.3 Å². The van der Waals surface area contributed by atoms with Crippen LogP contribution in [-0.2, 0) is 22.3 Å². The largest absolute Gasteiger partial charge is 0.312 e. The molecule has 43 heavy (non-hydrogen) atoms. The number of aryl methyl sites for hydroxylation is 1. The Balaban J connectivity index is 1.47. The molecule has 1 saturated carbocycles. The summed E-state index contributed by atoms with van der Waals surface area (Å²) in [6.07, 6.45) is 1.03. The number of guanidine groups is 1. The highest BCUT2D eigenvalue weighted by Gasteiger charge is 2.27. The molecule has 1 aliphatic carbocycles. The van der Waals surface area contributed by atoms with Crippen LogP contribution in [0.15, 0.2) is 63.3 Å². The minimum absolute atomic E-state index is 0.0828. The van der Waals surface area contributed by atoms with E-state index in [2.05, 4.69) is 32.1 Å². The van der Waals surface area contributed by atoms with Gasteiger partial charge in [-0.25, -0.2) is 31.6 Å². The summed E-state index contributed by atoms with van der Waals surface area (Å²) in [4.78, 5) is 22.2. The lowest BCUT2D eigenvalue weighted by Gasteiger charge is -2.24. The van der Waals surface area contributed by atoms with Crippen molar-refractivity contribution in [3.8, 4) is 11.1 Å². The van der Waals surface area contributed by atoms with E-state index in [1.807, 2.05) is 0 Å². The van der Waals surface area contributed by atoms with E-state index in [-0.39, 0.29) is 42.0 Å². The fourth-order valence-electron chi connectivity index (χ4n) is 5.09. The third kappa shape index (κ3) is 7.34. The van der Waals surface area contributed by atoms with Crippen LogP contribution in [0.3, 0.4) is 0 Å². The standard InChI is InChI=1S/C30H33F3N6O3S/c1-18-12-24(23-10-11-25(27(33)26(23)32)38-43(41,42)17-20-6-4-3-5-7-20)29(40)39(16-19-8-9-19)28(18)37-30(34-2)36-22-13-21(31)14-35-15-22/h3-7,10-12,19,21-22,35,38H,2,8-9,13-17H2,1H3,(H,36,37)/t21-,22-/m0/s1. The van der Waals surface area contributed by atoms with E-state index in [1.165, 1.54) is 16.7 Å². The number of pyridine rings is 1. The molecule has 9 nitrogen and oxygen atoms in total. The number of alkyl halides is 1. The number of rotatable bonds is 9. The average molecular weight is 615 g/mol. The molecule has 0 radical (unpaired) electrons. The number of anilines is 2. The van der Waals surface area contributed by atoms with Gasteiger partial charge in [0.2, 0.25) is 16.0 Å². The normalized spacial score (nSPS) is 19.2. The topological polar surface area (TPSA) is 117 Å². The maximum absolute atomic E-state index is 15.5. The Bertz CT molecular complexity index is 1710. The second kappa shape index (κ2) is 12.7. The Morgan fingerprint density at radius 1 is 1.09 bits per heavy atom. The molecule has 0 spiro atoms. The van der Waals surface area contributed by atoms with Crippen LogP contribution in [0.1, 0.15) is 30.4 Å². The summed E-state index contributed by atoms with van der Waals surface area (Å²) in [5, 5.41) is 6.03. The van der Waals surface area contributed by atoms with Crippen LogP contribution in [0.5, 0.6) is 0 Å². The Kier molecular flexibility index (Phi) is 9.02. The molecule has 2 aromatic carbocycles. The summed E-state index contributed by atoms with van der Waals surface area (Å²) in [5.74, 6) is -2.46. The maximum Gasteiger partial charge on any atom is 0.260 e. The molecular weight excluding hydrogens is 581 g/mol. The fourth-order valence-corrected chi connectivity index (χ4v) is 6.29. The molecule has 1 saturated heterocycles. The monoisotopic (exact) mass is 614 g/mol. The Hall–Kier alpha value is -3.97. The summed E-state index contributed by atoms with van der Waals surface area (Å²) in [6, 6.07) is 11.7. The van der Waals surface area contributed by atoms with Crippen LogP contribution in [0.2, 0.25) is 0 Å². The maximum atomic E-state index is 15.5. The van der Waals surface area contributed by atoms with E-state index in [1.54, 1.807) is 37.3 Å². The zero-order chi connectivity index (χ0) is 30.7. The molecule has 0 bridgehead atoms. The van der Waals surface area contributed by atoms with Crippen LogP contribution in [-0.4, -0.2) is 51.0 Å². The van der Waals surface area contributed by atoms with Crippen LogP contribution < -0.4 is 20.9 Å². The van der Waals surface area contributed by atoms with Crippen molar-refractivity contribution < 1.29 is 21.6 Å². The summed E-state index contributed by atoms with van der Waals surface area (Å²) in [7, 11) is -4.05. The van der Waals surface area contributed by atoms with Crippen molar-refractivity contribution in [2.45, 2.75) is 50.7 Å². The van der Waals surface area contributed by atoms with Gasteiger partial charge in [-0.2, -0.15) is 0 Å². The molecule has 1 aliphatic heterocycles. The van der Waals surface area contributed by atoms with Crippen molar-refractivity contribution >= 4 is 34.2 Å². The van der Waals surface area contributed by atoms with Gasteiger partial charge in [-0.3, -0.25) is 14.1 Å². The van der Waals surface area contributed by atoms with Gasteiger partial charge in [0.05, 0.1) is 23.0 Å². The molecular formula is C30H33F3N6O3S. The number of hydrogen-bond donors (Lipinski definition) is 3. The fraction of sp³-hybridized carbons (Fsp3) is 0.367. The Labute approximate surface area is 248 Å². The van der Waals surface area contributed by atoms with E-state index in [9.17, 15) is 17.6 Å². The third-order valence-corrected chi connectivity index (χ3v) is 8.66. The first kappa shape index (κ1) is 30.5. The van der Waals surface area contributed by atoms with E-state index in [0.717, 1.165) is 18.9 Å². The van der Waals surface area contributed by atoms with Gasteiger partial charge in [-0.15, -0.1) is 0 Å². The van der Waals surface area contributed by atoms with Gasteiger partial charge in [-0.05, 0) is 61.7 Å². The van der Waals surface area contributed by atoms with Crippen molar-refractivity contribution in [2.75, 3.05) is 23.1 Å². The minimum atomic E-state index is -4.05.